The molecule has 1 rings (SSSR count). The van der Waals surface area contributed by atoms with Crippen molar-refractivity contribution < 1.29 is 5.11 Å². The molecule has 0 spiro atoms. The first-order valence-electron chi connectivity index (χ1n) is 8.87. The summed E-state index contributed by atoms with van der Waals surface area (Å²) in [5.74, 6) is 0. The predicted octanol–water partition coefficient (Wildman–Crippen LogP) is 3.64. The summed E-state index contributed by atoms with van der Waals surface area (Å²) in [5.41, 5.74) is 9.77. The molecule has 5 nitrogen and oxygen atoms in total. The number of benzene rings is 1. The lowest BCUT2D eigenvalue weighted by molar-refractivity contribution is 0.165. The molecule has 0 aliphatic heterocycles. The van der Waals surface area contributed by atoms with Crippen LogP contribution in [0, 0.1) is 10.9 Å². The summed E-state index contributed by atoms with van der Waals surface area (Å²) < 4.78 is 0. The van der Waals surface area contributed by atoms with E-state index in [1.165, 1.54) is 0 Å². The Kier molecular flexibility index (Phi) is 8.53. The Morgan fingerprint density at radius 3 is 2.54 bits per heavy atom. The highest BCUT2D eigenvalue weighted by molar-refractivity contribution is 5.27. The first kappa shape index (κ1) is 20.7. The van der Waals surface area contributed by atoms with Gasteiger partial charge in [-0.1, -0.05) is 58.9 Å². The van der Waals surface area contributed by atoms with Crippen LogP contribution in [0.4, 0.5) is 0 Å². The SMILES string of the molecule is CCC(C)(C)C(N=N)c1cccc(CNCC(O)CNC(C)C)c1. The van der Waals surface area contributed by atoms with Gasteiger partial charge in [-0.05, 0) is 23.0 Å². The largest absolute Gasteiger partial charge is 0.390 e. The second-order valence-electron chi connectivity index (χ2n) is 7.47. The Hall–Kier alpha value is -1.30. The molecular weight excluding hydrogens is 300 g/mol. The van der Waals surface area contributed by atoms with Crippen molar-refractivity contribution in [1.82, 2.24) is 10.6 Å². The Balaban J connectivity index is 2.61. The van der Waals surface area contributed by atoms with Crippen LogP contribution in [-0.2, 0) is 6.54 Å². The van der Waals surface area contributed by atoms with Crippen LogP contribution in [0.25, 0.3) is 0 Å². The van der Waals surface area contributed by atoms with Crippen molar-refractivity contribution in [2.75, 3.05) is 13.1 Å². The van der Waals surface area contributed by atoms with Crippen LogP contribution >= 0.6 is 0 Å². The van der Waals surface area contributed by atoms with Crippen molar-refractivity contribution in [1.29, 1.82) is 5.53 Å². The summed E-state index contributed by atoms with van der Waals surface area (Å²) >= 11 is 0. The van der Waals surface area contributed by atoms with E-state index in [2.05, 4.69) is 62.5 Å². The van der Waals surface area contributed by atoms with Crippen LogP contribution < -0.4 is 10.6 Å². The van der Waals surface area contributed by atoms with E-state index < -0.39 is 6.10 Å². The normalized spacial score (nSPS) is 14.6. The van der Waals surface area contributed by atoms with Gasteiger partial charge in [-0.2, -0.15) is 5.11 Å². The molecule has 0 fully saturated rings. The highest BCUT2D eigenvalue weighted by Gasteiger charge is 2.29. The molecule has 0 amide bonds. The number of rotatable bonds is 11. The highest BCUT2D eigenvalue weighted by Crippen LogP contribution is 2.39. The van der Waals surface area contributed by atoms with Gasteiger partial charge in [0, 0.05) is 25.7 Å². The summed E-state index contributed by atoms with van der Waals surface area (Å²) in [4.78, 5) is 0. The third-order valence-corrected chi connectivity index (χ3v) is 4.52. The fourth-order valence-electron chi connectivity index (χ4n) is 2.59. The Bertz CT molecular complexity index is 502. The van der Waals surface area contributed by atoms with E-state index in [4.69, 9.17) is 5.53 Å². The molecule has 0 heterocycles. The number of hydrogen-bond acceptors (Lipinski definition) is 5. The van der Waals surface area contributed by atoms with Gasteiger partial charge >= 0.3 is 0 Å². The maximum Gasteiger partial charge on any atom is 0.101 e. The predicted molar refractivity (Wildman–Crippen MR) is 99.3 cm³/mol. The Morgan fingerprint density at radius 1 is 1.25 bits per heavy atom. The molecule has 5 heteroatoms. The molecule has 0 bridgehead atoms. The van der Waals surface area contributed by atoms with Crippen molar-refractivity contribution in [2.45, 2.75) is 65.8 Å². The van der Waals surface area contributed by atoms with E-state index in [-0.39, 0.29) is 11.5 Å². The van der Waals surface area contributed by atoms with Crippen LogP contribution in [-0.4, -0.2) is 30.3 Å². The number of aliphatic hydroxyl groups is 1. The third kappa shape index (κ3) is 6.67. The van der Waals surface area contributed by atoms with Gasteiger partial charge in [-0.15, -0.1) is 0 Å². The van der Waals surface area contributed by atoms with Gasteiger partial charge in [-0.3, -0.25) is 0 Å². The van der Waals surface area contributed by atoms with Crippen molar-refractivity contribution in [3.8, 4) is 0 Å². The van der Waals surface area contributed by atoms with Gasteiger partial charge in [-0.25, -0.2) is 5.53 Å². The topological polar surface area (TPSA) is 80.5 Å². The average molecular weight is 335 g/mol. The molecule has 4 N–H and O–H groups in total. The van der Waals surface area contributed by atoms with Crippen molar-refractivity contribution in [3.05, 3.63) is 35.4 Å². The van der Waals surface area contributed by atoms with E-state index in [0.717, 1.165) is 17.5 Å². The van der Waals surface area contributed by atoms with E-state index in [0.29, 0.717) is 25.7 Å². The second-order valence-corrected chi connectivity index (χ2v) is 7.47. The Labute approximate surface area is 146 Å². The molecule has 0 saturated carbocycles. The minimum atomic E-state index is -0.398. The monoisotopic (exact) mass is 334 g/mol. The molecule has 0 radical (unpaired) electrons. The maximum atomic E-state index is 9.93. The average Bonchev–Trinajstić information content (AvgIpc) is 2.54. The molecule has 2 unspecified atom stereocenters. The van der Waals surface area contributed by atoms with E-state index in [1.807, 2.05) is 12.1 Å². The van der Waals surface area contributed by atoms with Crippen LogP contribution in [0.15, 0.2) is 29.4 Å². The van der Waals surface area contributed by atoms with Crippen LogP contribution in [0.5, 0.6) is 0 Å². The number of aliphatic hydroxyl groups excluding tert-OH is 1. The van der Waals surface area contributed by atoms with Crippen molar-refractivity contribution >= 4 is 0 Å². The maximum absolute atomic E-state index is 9.93. The number of nitrogens with zero attached hydrogens (tertiary/aromatic N) is 1. The number of hydrogen-bond donors (Lipinski definition) is 4. The summed E-state index contributed by atoms with van der Waals surface area (Å²) in [6.45, 7) is 12.4. The number of nitrogens with one attached hydrogen (secondary N) is 3. The minimum absolute atomic E-state index is 0.0352. The quantitative estimate of drug-likeness (QED) is 0.466. The van der Waals surface area contributed by atoms with Gasteiger partial charge < -0.3 is 15.7 Å². The van der Waals surface area contributed by atoms with Crippen molar-refractivity contribution in [3.63, 3.8) is 0 Å². The molecule has 1 aromatic rings. The summed E-state index contributed by atoms with van der Waals surface area (Å²) in [5, 5.41) is 20.3. The van der Waals surface area contributed by atoms with Gasteiger partial charge in [0.2, 0.25) is 0 Å². The van der Waals surface area contributed by atoms with Gasteiger partial charge in [0.05, 0.1) is 6.10 Å². The lowest BCUT2D eigenvalue weighted by Crippen LogP contribution is -2.37. The standard InChI is InChI=1S/C19H34N4O/c1-6-19(4,5)18(23-20)16-9-7-8-15(10-16)11-21-12-17(24)13-22-14(2)3/h7-10,14,17-18,20-22,24H,6,11-13H2,1-5H3. The van der Waals surface area contributed by atoms with Crippen LogP contribution in [0.2, 0.25) is 0 Å². The van der Waals surface area contributed by atoms with E-state index in [1.54, 1.807) is 0 Å². The molecule has 0 aliphatic rings. The van der Waals surface area contributed by atoms with E-state index in [9.17, 15) is 5.11 Å². The third-order valence-electron chi connectivity index (χ3n) is 4.52. The van der Waals surface area contributed by atoms with Crippen LogP contribution in [0.1, 0.15) is 58.2 Å². The first-order chi connectivity index (χ1) is 11.3. The fraction of sp³-hybridized carbons (Fsp3) is 0.684. The lowest BCUT2D eigenvalue weighted by Gasteiger charge is -2.29. The molecule has 0 aliphatic carbocycles. The second kappa shape index (κ2) is 9.87. The smallest absolute Gasteiger partial charge is 0.101 e. The minimum Gasteiger partial charge on any atom is -0.390 e. The Morgan fingerprint density at radius 2 is 1.96 bits per heavy atom. The van der Waals surface area contributed by atoms with E-state index >= 15 is 0 Å². The molecule has 2 atom stereocenters. The van der Waals surface area contributed by atoms with Crippen LogP contribution in [0.3, 0.4) is 0 Å². The van der Waals surface area contributed by atoms with Crippen molar-refractivity contribution in [2.24, 2.45) is 10.5 Å². The highest BCUT2D eigenvalue weighted by atomic mass is 16.3. The fourth-order valence-corrected chi connectivity index (χ4v) is 2.59. The molecule has 24 heavy (non-hydrogen) atoms. The zero-order valence-electron chi connectivity index (χ0n) is 15.8. The summed E-state index contributed by atoms with van der Waals surface area (Å²) in [7, 11) is 0. The lowest BCUT2D eigenvalue weighted by atomic mass is 9.78. The summed E-state index contributed by atoms with van der Waals surface area (Å²) in [6, 6.07) is 8.51. The molecule has 136 valence electrons. The summed E-state index contributed by atoms with van der Waals surface area (Å²) in [6.07, 6.45) is 0.572. The van der Waals surface area contributed by atoms with Gasteiger partial charge in [0.25, 0.3) is 0 Å². The molecule has 0 aromatic heterocycles. The zero-order valence-corrected chi connectivity index (χ0v) is 15.8. The zero-order chi connectivity index (χ0) is 18.2. The molecule has 0 saturated heterocycles. The van der Waals surface area contributed by atoms with Gasteiger partial charge in [0.15, 0.2) is 0 Å². The molecule has 1 aromatic carbocycles. The van der Waals surface area contributed by atoms with Gasteiger partial charge in [0.1, 0.15) is 6.04 Å². The first-order valence-corrected chi connectivity index (χ1v) is 8.87. The molecular formula is C19H34N4O.